The number of carbonyl (C=O) groups is 2. The van der Waals surface area contributed by atoms with Gasteiger partial charge < -0.3 is 15.2 Å². The van der Waals surface area contributed by atoms with Crippen LogP contribution in [0.2, 0.25) is 0 Å². The molecule has 1 fully saturated rings. The van der Waals surface area contributed by atoms with E-state index >= 15 is 0 Å². The monoisotopic (exact) mass is 288 g/mol. The van der Waals surface area contributed by atoms with Crippen LogP contribution < -0.4 is 5.73 Å². The molecule has 0 radical (unpaired) electrons. The van der Waals surface area contributed by atoms with Crippen molar-refractivity contribution in [1.29, 1.82) is 5.41 Å². The van der Waals surface area contributed by atoms with E-state index in [2.05, 4.69) is 0 Å². The van der Waals surface area contributed by atoms with E-state index in [0.717, 1.165) is 11.8 Å². The maximum Gasteiger partial charge on any atom is 0.323 e. The van der Waals surface area contributed by atoms with Gasteiger partial charge in [-0.05, 0) is 13.3 Å². The molecule has 0 unspecified atom stereocenters. The normalized spacial score (nSPS) is 26.0. The lowest BCUT2D eigenvalue weighted by Crippen LogP contribution is -2.37. The third-order valence-corrected chi connectivity index (χ3v) is 3.86. The maximum atomic E-state index is 12.1. The lowest BCUT2D eigenvalue weighted by atomic mass is 9.80. The molecule has 6 nitrogen and oxygen atoms in total. The zero-order valence-corrected chi connectivity index (χ0v) is 12.0. The highest BCUT2D eigenvalue weighted by Gasteiger charge is 2.55. The van der Waals surface area contributed by atoms with Crippen molar-refractivity contribution in [1.82, 2.24) is 0 Å². The molecule has 0 aromatic heterocycles. The predicted molar refractivity (Wildman–Crippen MR) is 72.8 cm³/mol. The maximum absolute atomic E-state index is 12.1. The van der Waals surface area contributed by atoms with Crippen molar-refractivity contribution in [2.24, 2.45) is 11.1 Å². The second-order valence-electron chi connectivity index (χ2n) is 4.46. The Kier molecular flexibility index (Phi) is 5.65. The molecule has 0 aromatic carbocycles. The van der Waals surface area contributed by atoms with Crippen molar-refractivity contribution >= 4 is 28.9 Å². The third-order valence-electron chi connectivity index (χ3n) is 3.01. The molecular weight excluding hydrogens is 268 g/mol. The Labute approximate surface area is 116 Å². The van der Waals surface area contributed by atoms with Crippen LogP contribution in [0.1, 0.15) is 33.1 Å². The third kappa shape index (κ3) is 3.62. The van der Waals surface area contributed by atoms with Gasteiger partial charge in [-0.1, -0.05) is 25.1 Å². The number of hydrogen-bond donors (Lipinski definition) is 2. The Morgan fingerprint density at radius 2 is 2.32 bits per heavy atom. The molecule has 0 aromatic rings. The van der Waals surface area contributed by atoms with Gasteiger partial charge >= 0.3 is 11.9 Å². The molecule has 1 saturated heterocycles. The van der Waals surface area contributed by atoms with Gasteiger partial charge in [-0.15, -0.1) is 0 Å². The van der Waals surface area contributed by atoms with E-state index in [-0.39, 0.29) is 11.8 Å². The summed E-state index contributed by atoms with van der Waals surface area (Å²) in [5.74, 6) is -0.620. The first kappa shape index (κ1) is 15.8. The SMILES string of the molecule is CCC[C@@]1(C(=O)OCC)C[C@H](CSC(=N)N)OC1=O. The van der Waals surface area contributed by atoms with Crippen LogP contribution in [0.5, 0.6) is 0 Å². The summed E-state index contributed by atoms with van der Waals surface area (Å²) >= 11 is 1.11. The van der Waals surface area contributed by atoms with E-state index in [4.69, 9.17) is 20.6 Å². The first-order valence-electron chi connectivity index (χ1n) is 6.31. The summed E-state index contributed by atoms with van der Waals surface area (Å²) in [7, 11) is 0. The van der Waals surface area contributed by atoms with Crippen molar-refractivity contribution in [3.8, 4) is 0 Å². The number of thioether (sulfide) groups is 1. The van der Waals surface area contributed by atoms with E-state index in [1.54, 1.807) is 6.92 Å². The minimum atomic E-state index is -1.17. The van der Waals surface area contributed by atoms with Gasteiger partial charge in [-0.2, -0.15) is 0 Å². The van der Waals surface area contributed by atoms with Gasteiger partial charge in [-0.25, -0.2) is 0 Å². The van der Waals surface area contributed by atoms with Gasteiger partial charge in [0.05, 0.1) is 6.61 Å². The minimum Gasteiger partial charge on any atom is -0.465 e. The molecule has 108 valence electrons. The van der Waals surface area contributed by atoms with E-state index < -0.39 is 23.5 Å². The van der Waals surface area contributed by atoms with Crippen LogP contribution in [-0.2, 0) is 19.1 Å². The van der Waals surface area contributed by atoms with Gasteiger partial charge in [0.25, 0.3) is 0 Å². The molecule has 1 aliphatic rings. The smallest absolute Gasteiger partial charge is 0.323 e. The van der Waals surface area contributed by atoms with Crippen LogP contribution in [0.4, 0.5) is 0 Å². The van der Waals surface area contributed by atoms with Gasteiger partial charge in [0.15, 0.2) is 10.6 Å². The number of nitrogens with one attached hydrogen (secondary N) is 1. The Hall–Kier alpha value is -1.24. The highest BCUT2D eigenvalue weighted by molar-refractivity contribution is 8.13. The van der Waals surface area contributed by atoms with E-state index in [1.807, 2.05) is 6.92 Å². The minimum absolute atomic E-state index is 0.0276. The fraction of sp³-hybridized carbons (Fsp3) is 0.750. The van der Waals surface area contributed by atoms with Crippen molar-refractivity contribution < 1.29 is 19.1 Å². The summed E-state index contributed by atoms with van der Waals surface area (Å²) < 4.78 is 10.2. The number of cyclic esters (lactones) is 1. The fourth-order valence-electron chi connectivity index (χ4n) is 2.22. The summed E-state index contributed by atoms with van der Waals surface area (Å²) in [5.41, 5.74) is 4.08. The first-order valence-corrected chi connectivity index (χ1v) is 7.30. The van der Waals surface area contributed by atoms with E-state index in [1.165, 1.54) is 0 Å². The Morgan fingerprint density at radius 3 is 2.84 bits per heavy atom. The highest BCUT2D eigenvalue weighted by atomic mass is 32.2. The molecule has 0 spiro atoms. The summed E-state index contributed by atoms with van der Waals surface area (Å²) in [4.78, 5) is 24.1. The number of rotatable bonds is 6. The lowest BCUT2D eigenvalue weighted by Gasteiger charge is -2.21. The molecule has 0 bridgehead atoms. The van der Waals surface area contributed by atoms with Crippen LogP contribution in [0.3, 0.4) is 0 Å². The van der Waals surface area contributed by atoms with E-state index in [9.17, 15) is 9.59 Å². The second kappa shape index (κ2) is 6.79. The molecule has 1 rings (SSSR count). The van der Waals surface area contributed by atoms with Crippen LogP contribution >= 0.6 is 11.8 Å². The molecule has 0 saturated carbocycles. The van der Waals surface area contributed by atoms with Crippen molar-refractivity contribution in [3.63, 3.8) is 0 Å². The van der Waals surface area contributed by atoms with Crippen LogP contribution in [0.15, 0.2) is 0 Å². The average Bonchev–Trinajstić information content (AvgIpc) is 2.66. The first-order chi connectivity index (χ1) is 8.96. The highest BCUT2D eigenvalue weighted by Crippen LogP contribution is 2.40. The lowest BCUT2D eigenvalue weighted by molar-refractivity contribution is -0.165. The fourth-order valence-corrected chi connectivity index (χ4v) is 2.77. The molecule has 3 N–H and O–H groups in total. The van der Waals surface area contributed by atoms with Crippen molar-refractivity contribution in [2.75, 3.05) is 12.4 Å². The Morgan fingerprint density at radius 1 is 1.63 bits per heavy atom. The summed E-state index contributed by atoms with van der Waals surface area (Å²) in [5, 5.41) is 7.12. The van der Waals surface area contributed by atoms with E-state index in [0.29, 0.717) is 25.0 Å². The number of carbonyl (C=O) groups excluding carboxylic acids is 2. The second-order valence-corrected chi connectivity index (χ2v) is 5.52. The zero-order valence-electron chi connectivity index (χ0n) is 11.2. The van der Waals surface area contributed by atoms with Crippen molar-refractivity contribution in [2.45, 2.75) is 39.2 Å². The topological polar surface area (TPSA) is 102 Å². The van der Waals surface area contributed by atoms with Crippen molar-refractivity contribution in [3.05, 3.63) is 0 Å². The Bertz CT molecular complexity index is 375. The quantitative estimate of drug-likeness (QED) is 0.330. The molecule has 2 atom stereocenters. The average molecular weight is 288 g/mol. The Balaban J connectivity index is 2.78. The van der Waals surface area contributed by atoms with Gasteiger partial charge in [-0.3, -0.25) is 15.0 Å². The summed E-state index contributed by atoms with van der Waals surface area (Å²) in [6, 6.07) is 0. The van der Waals surface area contributed by atoms with Gasteiger partial charge in [0, 0.05) is 12.2 Å². The molecular formula is C12H20N2O4S. The number of nitrogens with two attached hydrogens (primary N) is 1. The van der Waals surface area contributed by atoms with Crippen LogP contribution in [0, 0.1) is 10.8 Å². The summed E-state index contributed by atoms with van der Waals surface area (Å²) in [6.07, 6.45) is 1.03. The number of esters is 2. The van der Waals surface area contributed by atoms with Gasteiger partial charge in [0.1, 0.15) is 6.10 Å². The molecule has 1 aliphatic heterocycles. The predicted octanol–water partition coefficient (Wildman–Crippen LogP) is 1.28. The van der Waals surface area contributed by atoms with Gasteiger partial charge in [0.2, 0.25) is 0 Å². The number of hydrogen-bond acceptors (Lipinski definition) is 6. The molecule has 0 amide bonds. The number of ether oxygens (including phenoxy) is 2. The zero-order chi connectivity index (χ0) is 14.5. The molecule has 0 aliphatic carbocycles. The molecule has 1 heterocycles. The largest absolute Gasteiger partial charge is 0.465 e. The number of amidine groups is 1. The van der Waals surface area contributed by atoms with Crippen LogP contribution in [0.25, 0.3) is 0 Å². The molecule has 19 heavy (non-hydrogen) atoms. The standard InChI is InChI=1S/C12H20N2O4S/c1-3-5-12(9(15)17-4-2)6-8(18-10(12)16)7-19-11(13)14/h8H,3-7H2,1-2H3,(H3,13,14)/t8-,12+/m1/s1. The molecule has 7 heteroatoms. The summed E-state index contributed by atoms with van der Waals surface area (Å²) in [6.45, 7) is 3.86. The van der Waals surface area contributed by atoms with Crippen LogP contribution in [-0.4, -0.2) is 35.6 Å².